The fraction of sp³-hybridized carbons (Fsp3) is 0.850. The summed E-state index contributed by atoms with van der Waals surface area (Å²) in [6, 6.07) is 0. The van der Waals surface area contributed by atoms with Gasteiger partial charge < -0.3 is 28.8 Å². The molecule has 0 amide bonds. The number of carbonyl (C=O) groups is 3. The van der Waals surface area contributed by atoms with Crippen molar-refractivity contribution >= 4 is 17.9 Å². The van der Waals surface area contributed by atoms with E-state index in [-0.39, 0.29) is 12.5 Å². The Kier molecular flexibility index (Phi) is 11.2. The van der Waals surface area contributed by atoms with Crippen molar-refractivity contribution in [3.63, 3.8) is 0 Å². The predicted molar refractivity (Wildman–Crippen MR) is 102 cm³/mol. The van der Waals surface area contributed by atoms with Crippen LogP contribution in [0, 0.1) is 5.92 Å². The fourth-order valence-electron chi connectivity index (χ4n) is 3.15. The maximum Gasteiger partial charge on any atom is 0.303 e. The van der Waals surface area contributed by atoms with Gasteiger partial charge >= 0.3 is 17.9 Å². The second-order valence-electron chi connectivity index (χ2n) is 7.23. The van der Waals surface area contributed by atoms with Crippen LogP contribution in [0.4, 0.5) is 0 Å². The van der Waals surface area contributed by atoms with E-state index in [0.29, 0.717) is 6.61 Å². The van der Waals surface area contributed by atoms with Crippen LogP contribution in [0.15, 0.2) is 0 Å². The largest absolute Gasteiger partial charge is 0.463 e. The van der Waals surface area contributed by atoms with Crippen molar-refractivity contribution in [2.75, 3.05) is 13.2 Å². The van der Waals surface area contributed by atoms with Gasteiger partial charge in [0.25, 0.3) is 0 Å². The first kappa shape index (κ1) is 25.3. The molecule has 9 heteroatoms. The van der Waals surface area contributed by atoms with E-state index in [4.69, 9.17) is 23.7 Å². The van der Waals surface area contributed by atoms with Crippen LogP contribution >= 0.6 is 0 Å². The molecule has 29 heavy (non-hydrogen) atoms. The molecule has 1 aliphatic heterocycles. The van der Waals surface area contributed by atoms with Gasteiger partial charge in [-0.05, 0) is 12.3 Å². The molecule has 1 fully saturated rings. The van der Waals surface area contributed by atoms with Gasteiger partial charge in [0.15, 0.2) is 18.5 Å². The zero-order valence-corrected chi connectivity index (χ0v) is 17.9. The van der Waals surface area contributed by atoms with E-state index in [0.717, 1.165) is 25.7 Å². The van der Waals surface area contributed by atoms with Crippen molar-refractivity contribution in [1.29, 1.82) is 0 Å². The third kappa shape index (κ3) is 8.67. The Morgan fingerprint density at radius 1 is 1.00 bits per heavy atom. The van der Waals surface area contributed by atoms with Crippen LogP contribution < -0.4 is 0 Å². The second kappa shape index (κ2) is 12.8. The lowest BCUT2D eigenvalue weighted by Crippen LogP contribution is -2.62. The lowest BCUT2D eigenvalue weighted by molar-refractivity contribution is -0.307. The molecule has 1 unspecified atom stereocenters. The number of hydrogen-bond acceptors (Lipinski definition) is 9. The molecular formula is C20H34O9. The Morgan fingerprint density at radius 2 is 1.62 bits per heavy atom. The molecule has 0 bridgehead atoms. The summed E-state index contributed by atoms with van der Waals surface area (Å²) < 4.78 is 27.0. The van der Waals surface area contributed by atoms with Crippen LogP contribution in [0.2, 0.25) is 0 Å². The molecule has 1 rings (SSSR count). The minimum Gasteiger partial charge on any atom is -0.463 e. The Balaban J connectivity index is 2.97. The van der Waals surface area contributed by atoms with Gasteiger partial charge in [0.05, 0.1) is 6.61 Å². The summed E-state index contributed by atoms with van der Waals surface area (Å²) in [5.74, 6) is -1.57. The van der Waals surface area contributed by atoms with E-state index >= 15 is 0 Å². The molecule has 0 saturated carbocycles. The zero-order chi connectivity index (χ0) is 22.0. The SMILES string of the molecule is CCCCC(CC)CO[C@H]1O[C@H](COC(C)=O)[C@@H](OC(C)=O)[C@H](OC(C)=O)[C@H]1O. The molecule has 168 valence electrons. The van der Waals surface area contributed by atoms with Crippen molar-refractivity contribution in [1.82, 2.24) is 0 Å². The van der Waals surface area contributed by atoms with E-state index in [1.54, 1.807) is 0 Å². The third-order valence-electron chi connectivity index (χ3n) is 4.71. The number of ether oxygens (including phenoxy) is 5. The molecule has 1 aliphatic rings. The summed E-state index contributed by atoms with van der Waals surface area (Å²) in [7, 11) is 0. The third-order valence-corrected chi connectivity index (χ3v) is 4.71. The van der Waals surface area contributed by atoms with E-state index in [1.807, 2.05) is 0 Å². The van der Waals surface area contributed by atoms with Crippen LogP contribution in [-0.2, 0) is 38.1 Å². The van der Waals surface area contributed by atoms with E-state index in [1.165, 1.54) is 20.8 Å². The molecule has 0 aromatic carbocycles. The minimum absolute atomic E-state index is 0.245. The summed E-state index contributed by atoms with van der Waals surface area (Å²) in [6.07, 6.45) is -1.80. The first-order valence-corrected chi connectivity index (χ1v) is 10.1. The normalized spacial score (nSPS) is 27.7. The first-order chi connectivity index (χ1) is 13.7. The fourth-order valence-corrected chi connectivity index (χ4v) is 3.15. The number of rotatable bonds is 11. The van der Waals surface area contributed by atoms with Crippen LogP contribution in [0.3, 0.4) is 0 Å². The van der Waals surface area contributed by atoms with E-state index < -0.39 is 48.6 Å². The average molecular weight is 418 g/mol. The molecule has 9 nitrogen and oxygen atoms in total. The van der Waals surface area contributed by atoms with Gasteiger partial charge in [0.1, 0.15) is 18.8 Å². The quantitative estimate of drug-likeness (QED) is 0.395. The van der Waals surface area contributed by atoms with Crippen molar-refractivity contribution in [2.24, 2.45) is 5.92 Å². The summed E-state index contributed by atoms with van der Waals surface area (Å²) >= 11 is 0. The molecule has 1 N–H and O–H groups in total. The van der Waals surface area contributed by atoms with Gasteiger partial charge in [0.2, 0.25) is 0 Å². The van der Waals surface area contributed by atoms with Gasteiger partial charge in [-0.25, -0.2) is 0 Å². The maximum absolute atomic E-state index is 11.6. The number of aliphatic hydroxyl groups is 1. The summed E-state index contributed by atoms with van der Waals surface area (Å²) in [5, 5.41) is 10.7. The van der Waals surface area contributed by atoms with Gasteiger partial charge in [-0.1, -0.05) is 33.1 Å². The second-order valence-corrected chi connectivity index (χ2v) is 7.23. The highest BCUT2D eigenvalue weighted by Gasteiger charge is 2.50. The number of carbonyl (C=O) groups excluding carboxylic acids is 3. The molecule has 0 spiro atoms. The molecule has 1 saturated heterocycles. The molecule has 0 aliphatic carbocycles. The lowest BCUT2D eigenvalue weighted by atomic mass is 9.98. The van der Waals surface area contributed by atoms with Gasteiger partial charge in [0, 0.05) is 20.8 Å². The van der Waals surface area contributed by atoms with Crippen LogP contribution in [0.1, 0.15) is 60.3 Å². The summed E-state index contributed by atoms with van der Waals surface area (Å²) in [4.78, 5) is 34.3. The smallest absolute Gasteiger partial charge is 0.303 e. The lowest BCUT2D eigenvalue weighted by Gasteiger charge is -2.43. The van der Waals surface area contributed by atoms with Crippen LogP contribution in [-0.4, -0.2) is 66.9 Å². The van der Waals surface area contributed by atoms with Crippen LogP contribution in [0.25, 0.3) is 0 Å². The minimum atomic E-state index is -1.37. The number of aliphatic hydroxyl groups excluding tert-OH is 1. The number of unbranched alkanes of at least 4 members (excludes halogenated alkanes) is 1. The molecular weight excluding hydrogens is 384 g/mol. The standard InChI is InChI=1S/C20H34O9/c1-6-8-9-15(7-2)10-26-20-17(24)19(28-14(5)23)18(27-13(4)22)16(29-20)11-25-12(3)21/h15-20,24H,6-11H2,1-5H3/t15?,16-,17-,18-,19-,20+/m1/s1. The highest BCUT2D eigenvalue weighted by molar-refractivity contribution is 5.67. The first-order valence-electron chi connectivity index (χ1n) is 10.1. The highest BCUT2D eigenvalue weighted by atomic mass is 16.7. The van der Waals surface area contributed by atoms with Crippen LogP contribution in [0.5, 0.6) is 0 Å². The van der Waals surface area contributed by atoms with Gasteiger partial charge in [-0.2, -0.15) is 0 Å². The average Bonchev–Trinajstić information content (AvgIpc) is 2.64. The topological polar surface area (TPSA) is 118 Å². The Bertz CT molecular complexity index is 536. The van der Waals surface area contributed by atoms with Gasteiger partial charge in [-0.15, -0.1) is 0 Å². The monoisotopic (exact) mass is 418 g/mol. The zero-order valence-electron chi connectivity index (χ0n) is 17.9. The summed E-state index contributed by atoms with van der Waals surface area (Å²) in [6.45, 7) is 7.87. The molecule has 0 aromatic heterocycles. The van der Waals surface area contributed by atoms with Crippen molar-refractivity contribution in [3.8, 4) is 0 Å². The molecule has 0 radical (unpaired) electrons. The molecule has 0 aromatic rings. The Morgan fingerprint density at radius 3 is 2.14 bits per heavy atom. The van der Waals surface area contributed by atoms with Crippen molar-refractivity contribution in [3.05, 3.63) is 0 Å². The highest BCUT2D eigenvalue weighted by Crippen LogP contribution is 2.28. The Labute approximate surface area is 172 Å². The maximum atomic E-state index is 11.6. The van der Waals surface area contributed by atoms with Gasteiger partial charge in [-0.3, -0.25) is 14.4 Å². The van der Waals surface area contributed by atoms with E-state index in [2.05, 4.69) is 13.8 Å². The molecule has 6 atom stereocenters. The molecule has 1 heterocycles. The predicted octanol–water partition coefficient (Wildman–Crippen LogP) is 1.73. The van der Waals surface area contributed by atoms with Crippen molar-refractivity contribution < 1.29 is 43.2 Å². The number of hydrogen-bond donors (Lipinski definition) is 1. The number of esters is 3. The van der Waals surface area contributed by atoms with E-state index in [9.17, 15) is 19.5 Å². The van der Waals surface area contributed by atoms with Crippen molar-refractivity contribution in [2.45, 2.75) is 91.0 Å². The Hall–Kier alpha value is -1.71. The summed E-state index contributed by atoms with van der Waals surface area (Å²) in [5.41, 5.74) is 0.